The van der Waals surface area contributed by atoms with Gasteiger partial charge >= 0.3 is 5.97 Å². The Bertz CT molecular complexity index is 1240. The number of pyridine rings is 1. The number of rotatable bonds is 7. The lowest BCUT2D eigenvalue weighted by Crippen LogP contribution is -2.07. The molecule has 9 heteroatoms. The number of para-hydroxylation sites is 1. The topological polar surface area (TPSA) is 123 Å². The van der Waals surface area contributed by atoms with Crippen LogP contribution in [0.4, 0.5) is 11.4 Å². The number of hydrogen-bond donors (Lipinski definition) is 2. The van der Waals surface area contributed by atoms with Crippen LogP contribution >= 0.6 is 0 Å². The standard InChI is InChI=1S/C22H17N5O4/c28-22(29)19-10-11-23-13-20(19)24-12-16-14-26(17-4-2-1-3-5-17)25-21(16)15-6-8-18(9-7-15)27(30)31/h1-11,13-14,24H,12H2,(H,28,29). The molecule has 0 bridgehead atoms. The van der Waals surface area contributed by atoms with Crippen LogP contribution in [0, 0.1) is 10.1 Å². The van der Waals surface area contributed by atoms with E-state index in [0.717, 1.165) is 11.3 Å². The Hall–Kier alpha value is -4.53. The summed E-state index contributed by atoms with van der Waals surface area (Å²) in [5, 5.41) is 28.1. The SMILES string of the molecule is O=C(O)c1ccncc1NCc1cn(-c2ccccc2)nc1-c1ccc([N+](=O)[O-])cc1. The van der Waals surface area contributed by atoms with Gasteiger partial charge in [-0.3, -0.25) is 15.1 Å². The highest BCUT2D eigenvalue weighted by Gasteiger charge is 2.16. The summed E-state index contributed by atoms with van der Waals surface area (Å²) in [4.78, 5) is 26.0. The molecule has 9 nitrogen and oxygen atoms in total. The maximum atomic E-state index is 11.5. The van der Waals surface area contributed by atoms with Gasteiger partial charge < -0.3 is 10.4 Å². The zero-order valence-corrected chi connectivity index (χ0v) is 16.2. The molecule has 0 aliphatic carbocycles. The minimum absolute atomic E-state index is 0.00706. The van der Waals surface area contributed by atoms with Crippen molar-refractivity contribution in [1.29, 1.82) is 0 Å². The first kappa shape index (κ1) is 19.8. The van der Waals surface area contributed by atoms with E-state index >= 15 is 0 Å². The molecule has 2 aromatic heterocycles. The van der Waals surface area contributed by atoms with Gasteiger partial charge in [0.2, 0.25) is 0 Å². The van der Waals surface area contributed by atoms with E-state index in [-0.39, 0.29) is 17.8 Å². The number of aromatic nitrogens is 3. The van der Waals surface area contributed by atoms with Crippen LogP contribution in [-0.2, 0) is 6.54 Å². The fraction of sp³-hybridized carbons (Fsp3) is 0.0455. The lowest BCUT2D eigenvalue weighted by Gasteiger charge is -2.09. The molecule has 0 aliphatic rings. The van der Waals surface area contributed by atoms with Crippen molar-refractivity contribution >= 4 is 17.3 Å². The molecule has 4 rings (SSSR count). The molecule has 2 heterocycles. The Morgan fingerprint density at radius 2 is 1.84 bits per heavy atom. The average molecular weight is 415 g/mol. The number of carbonyl (C=O) groups is 1. The number of nitro groups is 1. The summed E-state index contributed by atoms with van der Waals surface area (Å²) < 4.78 is 1.72. The largest absolute Gasteiger partial charge is 0.478 e. The second-order valence-electron chi connectivity index (χ2n) is 6.67. The number of nitro benzene ring substituents is 1. The van der Waals surface area contributed by atoms with Crippen molar-refractivity contribution in [2.75, 3.05) is 5.32 Å². The fourth-order valence-corrected chi connectivity index (χ4v) is 3.15. The van der Waals surface area contributed by atoms with E-state index in [1.165, 1.54) is 30.6 Å². The summed E-state index contributed by atoms with van der Waals surface area (Å²) in [6, 6.07) is 17.1. The molecule has 0 radical (unpaired) electrons. The van der Waals surface area contributed by atoms with E-state index in [1.54, 1.807) is 16.8 Å². The molecule has 2 N–H and O–H groups in total. The number of nitrogens with one attached hydrogen (secondary N) is 1. The Morgan fingerprint density at radius 1 is 1.10 bits per heavy atom. The van der Waals surface area contributed by atoms with Crippen LogP contribution in [0.5, 0.6) is 0 Å². The van der Waals surface area contributed by atoms with Crippen molar-refractivity contribution in [2.24, 2.45) is 0 Å². The zero-order valence-electron chi connectivity index (χ0n) is 16.2. The number of anilines is 1. The Morgan fingerprint density at radius 3 is 2.52 bits per heavy atom. The van der Waals surface area contributed by atoms with Crippen LogP contribution in [-0.4, -0.2) is 30.8 Å². The number of carboxylic acids is 1. The molecule has 0 spiro atoms. The van der Waals surface area contributed by atoms with Gasteiger partial charge in [0.05, 0.1) is 33.8 Å². The Kier molecular flexibility index (Phi) is 5.39. The number of benzene rings is 2. The van der Waals surface area contributed by atoms with Crippen molar-refractivity contribution in [3.63, 3.8) is 0 Å². The monoisotopic (exact) mass is 415 g/mol. The molecular formula is C22H17N5O4. The second-order valence-corrected chi connectivity index (χ2v) is 6.67. The van der Waals surface area contributed by atoms with Crippen LogP contribution in [0.3, 0.4) is 0 Å². The molecule has 0 saturated heterocycles. The molecule has 0 saturated carbocycles. The van der Waals surface area contributed by atoms with Gasteiger partial charge in [-0.15, -0.1) is 0 Å². The molecule has 4 aromatic rings. The summed E-state index contributed by atoms with van der Waals surface area (Å²) in [5.74, 6) is -1.06. The van der Waals surface area contributed by atoms with Crippen molar-refractivity contribution in [2.45, 2.75) is 6.54 Å². The van der Waals surface area contributed by atoms with E-state index in [9.17, 15) is 20.0 Å². The van der Waals surface area contributed by atoms with Crippen LogP contribution in [0.2, 0.25) is 0 Å². The summed E-state index contributed by atoms with van der Waals surface area (Å²) >= 11 is 0. The number of non-ortho nitro benzene ring substituents is 1. The third-order valence-electron chi connectivity index (χ3n) is 4.68. The van der Waals surface area contributed by atoms with Gasteiger partial charge in [-0.05, 0) is 30.3 Å². The molecule has 0 amide bonds. The van der Waals surface area contributed by atoms with Crippen molar-refractivity contribution < 1.29 is 14.8 Å². The summed E-state index contributed by atoms with van der Waals surface area (Å²) in [6.07, 6.45) is 4.72. The molecule has 0 aliphatic heterocycles. The Labute approximate surface area is 176 Å². The van der Waals surface area contributed by atoms with Crippen LogP contribution in [0.15, 0.2) is 79.3 Å². The molecule has 31 heavy (non-hydrogen) atoms. The quantitative estimate of drug-likeness (QED) is 0.343. The maximum Gasteiger partial charge on any atom is 0.337 e. The summed E-state index contributed by atoms with van der Waals surface area (Å²) in [5.41, 5.74) is 3.47. The van der Waals surface area contributed by atoms with Crippen LogP contribution in [0.1, 0.15) is 15.9 Å². The molecule has 0 atom stereocenters. The average Bonchev–Trinajstić information content (AvgIpc) is 3.23. The van der Waals surface area contributed by atoms with E-state index in [2.05, 4.69) is 15.4 Å². The first-order valence-corrected chi connectivity index (χ1v) is 9.33. The van der Waals surface area contributed by atoms with Crippen LogP contribution < -0.4 is 5.32 Å². The normalized spacial score (nSPS) is 10.6. The van der Waals surface area contributed by atoms with Crippen molar-refractivity contribution in [3.8, 4) is 16.9 Å². The maximum absolute atomic E-state index is 11.5. The van der Waals surface area contributed by atoms with Gasteiger partial charge in [0, 0.05) is 42.2 Å². The zero-order chi connectivity index (χ0) is 21.8. The summed E-state index contributed by atoms with van der Waals surface area (Å²) in [7, 11) is 0. The smallest absolute Gasteiger partial charge is 0.337 e. The second kappa shape index (κ2) is 8.46. The highest BCUT2D eigenvalue weighted by molar-refractivity contribution is 5.93. The minimum Gasteiger partial charge on any atom is -0.478 e. The lowest BCUT2D eigenvalue weighted by molar-refractivity contribution is -0.384. The van der Waals surface area contributed by atoms with Crippen molar-refractivity contribution in [1.82, 2.24) is 14.8 Å². The number of aromatic carboxylic acids is 1. The highest BCUT2D eigenvalue weighted by atomic mass is 16.6. The number of nitrogens with zero attached hydrogens (tertiary/aromatic N) is 4. The predicted molar refractivity (Wildman–Crippen MR) is 114 cm³/mol. The molecule has 0 unspecified atom stereocenters. The molecule has 154 valence electrons. The number of carboxylic acid groups (broad SMARTS) is 1. The van der Waals surface area contributed by atoms with E-state index in [4.69, 9.17) is 0 Å². The number of hydrogen-bond acceptors (Lipinski definition) is 6. The van der Waals surface area contributed by atoms with Gasteiger partial charge in [-0.25, -0.2) is 9.48 Å². The third-order valence-corrected chi connectivity index (χ3v) is 4.68. The van der Waals surface area contributed by atoms with Crippen molar-refractivity contribution in [3.05, 3.63) is 100 Å². The first-order valence-electron chi connectivity index (χ1n) is 9.33. The molecule has 0 fully saturated rings. The van der Waals surface area contributed by atoms with Gasteiger partial charge in [0.1, 0.15) is 0 Å². The lowest BCUT2D eigenvalue weighted by atomic mass is 10.1. The molecule has 2 aromatic carbocycles. The van der Waals surface area contributed by atoms with E-state index < -0.39 is 10.9 Å². The molecular weight excluding hydrogens is 398 g/mol. The van der Waals surface area contributed by atoms with Gasteiger partial charge in [-0.1, -0.05) is 18.2 Å². The van der Waals surface area contributed by atoms with E-state index in [1.807, 2.05) is 36.5 Å². The fourth-order valence-electron chi connectivity index (χ4n) is 3.15. The highest BCUT2D eigenvalue weighted by Crippen LogP contribution is 2.27. The van der Waals surface area contributed by atoms with Crippen LogP contribution in [0.25, 0.3) is 16.9 Å². The van der Waals surface area contributed by atoms with E-state index in [0.29, 0.717) is 16.9 Å². The summed E-state index contributed by atoms with van der Waals surface area (Å²) in [6.45, 7) is 0.283. The van der Waals surface area contributed by atoms with Gasteiger partial charge in [0.25, 0.3) is 5.69 Å². The van der Waals surface area contributed by atoms with Gasteiger partial charge in [0.15, 0.2) is 0 Å². The van der Waals surface area contributed by atoms with Gasteiger partial charge in [-0.2, -0.15) is 5.10 Å². The first-order chi connectivity index (χ1) is 15.0. The third kappa shape index (κ3) is 4.25. The predicted octanol–water partition coefficient (Wildman–Crippen LogP) is 4.15. The Balaban J connectivity index is 1.71. The minimum atomic E-state index is -1.06.